The Kier molecular flexibility index (Phi) is 2.26. The lowest BCUT2D eigenvalue weighted by Crippen LogP contribution is -2.49. The zero-order chi connectivity index (χ0) is 15.7. The van der Waals surface area contributed by atoms with E-state index in [0.29, 0.717) is 5.56 Å². The third-order valence-electron chi connectivity index (χ3n) is 4.44. The van der Waals surface area contributed by atoms with Gasteiger partial charge in [-0.05, 0) is 6.07 Å². The molecule has 4 N–H and O–H groups in total. The molecule has 2 aliphatic rings. The molecule has 6 heteroatoms. The van der Waals surface area contributed by atoms with Crippen molar-refractivity contribution in [1.29, 1.82) is 0 Å². The monoisotopic (exact) mass is 299 g/mol. The molecule has 0 unspecified atom stereocenters. The van der Waals surface area contributed by atoms with Crippen LogP contribution in [-0.2, 0) is 11.3 Å². The smallest absolute Gasteiger partial charge is 0.207 e. The first-order valence-corrected chi connectivity index (χ1v) is 6.72. The van der Waals surface area contributed by atoms with Crippen LogP contribution in [0.25, 0.3) is 0 Å². The van der Waals surface area contributed by atoms with Gasteiger partial charge >= 0.3 is 0 Å². The molecule has 0 bridgehead atoms. The number of aliphatic hydroxyl groups is 2. The van der Waals surface area contributed by atoms with Gasteiger partial charge in [0.05, 0.1) is 7.11 Å². The molecule has 0 amide bonds. The van der Waals surface area contributed by atoms with Gasteiger partial charge in [-0.1, -0.05) is 24.3 Å². The number of nitrogens with one attached hydrogen (secondary N) is 1. The summed E-state index contributed by atoms with van der Waals surface area (Å²) in [6, 6.07) is 9.17. The van der Waals surface area contributed by atoms with Crippen molar-refractivity contribution in [2.45, 2.75) is 11.3 Å². The molecule has 22 heavy (non-hydrogen) atoms. The number of carbonyl (C=O) groups excluding carboxylic acids is 1. The van der Waals surface area contributed by atoms with Gasteiger partial charge in [0.15, 0.2) is 11.5 Å². The van der Waals surface area contributed by atoms with Crippen LogP contribution in [0.3, 0.4) is 0 Å². The van der Waals surface area contributed by atoms with Crippen molar-refractivity contribution in [3.05, 3.63) is 53.1 Å². The van der Waals surface area contributed by atoms with Crippen LogP contribution in [0.15, 0.2) is 36.4 Å². The van der Waals surface area contributed by atoms with Crippen LogP contribution in [0.2, 0.25) is 0 Å². The normalized spacial score (nSPS) is 27.9. The molecular formula is C16H13NO5. The summed E-state index contributed by atoms with van der Waals surface area (Å²) in [5, 5.41) is 34.6. The first-order chi connectivity index (χ1) is 10.4. The van der Waals surface area contributed by atoms with Crippen molar-refractivity contribution < 1.29 is 24.9 Å². The fourth-order valence-corrected chi connectivity index (χ4v) is 3.36. The average molecular weight is 299 g/mol. The lowest BCUT2D eigenvalue weighted by Gasteiger charge is -2.30. The number of ketones is 1. The highest BCUT2D eigenvalue weighted by atomic mass is 16.5. The van der Waals surface area contributed by atoms with E-state index in [9.17, 15) is 20.1 Å². The van der Waals surface area contributed by atoms with Crippen molar-refractivity contribution in [2.75, 3.05) is 12.4 Å². The number of hydrogen-bond acceptors (Lipinski definition) is 6. The maximum absolute atomic E-state index is 12.7. The summed E-state index contributed by atoms with van der Waals surface area (Å²) in [5.74, 6) is -0.631. The topological polar surface area (TPSA) is 99.0 Å². The van der Waals surface area contributed by atoms with E-state index in [1.807, 2.05) is 0 Å². The molecule has 6 nitrogen and oxygen atoms in total. The van der Waals surface area contributed by atoms with Crippen molar-refractivity contribution in [3.63, 3.8) is 0 Å². The number of benzene rings is 2. The first kappa shape index (κ1) is 13.1. The van der Waals surface area contributed by atoms with E-state index in [4.69, 9.17) is 4.74 Å². The maximum atomic E-state index is 12.7. The van der Waals surface area contributed by atoms with Gasteiger partial charge in [-0.25, -0.2) is 0 Å². The first-order valence-electron chi connectivity index (χ1n) is 6.72. The van der Waals surface area contributed by atoms with Gasteiger partial charge in [0.25, 0.3) is 0 Å². The second-order valence-electron chi connectivity index (χ2n) is 5.49. The summed E-state index contributed by atoms with van der Waals surface area (Å²) in [5.41, 5.74) is -3.11. The lowest BCUT2D eigenvalue weighted by molar-refractivity contribution is -0.101. The molecule has 0 radical (unpaired) electrons. The largest absolute Gasteiger partial charge is 0.504 e. The van der Waals surface area contributed by atoms with Gasteiger partial charge in [0.1, 0.15) is 0 Å². The summed E-state index contributed by atoms with van der Waals surface area (Å²) in [4.78, 5) is 12.7. The van der Waals surface area contributed by atoms with Crippen LogP contribution < -0.4 is 10.1 Å². The molecule has 0 fully saturated rings. The van der Waals surface area contributed by atoms with Gasteiger partial charge in [0, 0.05) is 28.4 Å². The van der Waals surface area contributed by atoms with Crippen LogP contribution in [-0.4, -0.2) is 28.2 Å². The highest BCUT2D eigenvalue weighted by Gasteiger charge is 2.68. The minimum atomic E-state index is -2.16. The fourth-order valence-electron chi connectivity index (χ4n) is 3.36. The van der Waals surface area contributed by atoms with E-state index in [2.05, 4.69) is 5.32 Å². The predicted molar refractivity (Wildman–Crippen MR) is 76.8 cm³/mol. The van der Waals surface area contributed by atoms with Gasteiger partial charge < -0.3 is 25.4 Å². The van der Waals surface area contributed by atoms with Crippen LogP contribution in [0.1, 0.15) is 21.5 Å². The number of methoxy groups -OCH3 is 1. The summed E-state index contributed by atoms with van der Waals surface area (Å²) >= 11 is 0. The molecule has 1 aliphatic carbocycles. The van der Waals surface area contributed by atoms with E-state index in [-0.39, 0.29) is 28.3 Å². The fraction of sp³-hybridized carbons (Fsp3) is 0.188. The average Bonchev–Trinajstić information content (AvgIpc) is 2.83. The molecular weight excluding hydrogens is 286 g/mol. The van der Waals surface area contributed by atoms with Crippen molar-refractivity contribution >= 4 is 11.5 Å². The molecule has 4 rings (SSSR count). The lowest BCUT2D eigenvalue weighted by atomic mass is 9.86. The SMILES string of the molecule is COc1cc2c(cc1O)N[C@@]1(O)c3ccccc3C(=O)[C@@]21O. The molecule has 1 heterocycles. The summed E-state index contributed by atoms with van der Waals surface area (Å²) in [7, 11) is 1.37. The molecule has 2 aromatic carbocycles. The second-order valence-corrected chi connectivity index (χ2v) is 5.49. The number of Topliss-reactive ketones (excluding diaryl/α,β-unsaturated/α-hetero) is 1. The number of hydrogen-bond donors (Lipinski definition) is 4. The number of carbonyl (C=O) groups is 1. The highest BCUT2D eigenvalue weighted by Crippen LogP contribution is 2.58. The Morgan fingerprint density at radius 3 is 2.59 bits per heavy atom. The van der Waals surface area contributed by atoms with E-state index < -0.39 is 17.1 Å². The van der Waals surface area contributed by atoms with Crippen LogP contribution in [0.4, 0.5) is 5.69 Å². The number of fused-ring (bicyclic) bond motifs is 5. The maximum Gasteiger partial charge on any atom is 0.207 e. The summed E-state index contributed by atoms with van der Waals surface area (Å²) < 4.78 is 5.03. The van der Waals surface area contributed by atoms with E-state index in [0.717, 1.165) is 0 Å². The summed E-state index contributed by atoms with van der Waals surface area (Å²) in [6.45, 7) is 0. The third-order valence-corrected chi connectivity index (χ3v) is 4.44. The quantitative estimate of drug-likeness (QED) is 0.628. The van der Waals surface area contributed by atoms with Gasteiger partial charge in [-0.15, -0.1) is 0 Å². The number of phenols is 1. The number of anilines is 1. The third kappa shape index (κ3) is 1.21. The van der Waals surface area contributed by atoms with E-state index in [1.54, 1.807) is 24.3 Å². The standard InChI is InChI=1S/C16H13NO5/c1-22-13-6-10-11(7-12(13)18)17-16(21)9-5-3-2-4-8(9)14(19)15(10,16)20/h2-7,17-18,20-21H,1H3/t15-,16+/m0/s1. The highest BCUT2D eigenvalue weighted by molar-refractivity contribution is 6.11. The van der Waals surface area contributed by atoms with E-state index >= 15 is 0 Å². The predicted octanol–water partition coefficient (Wildman–Crippen LogP) is 1.06. The van der Waals surface area contributed by atoms with Gasteiger partial charge in [-0.2, -0.15) is 0 Å². The Bertz CT molecular complexity index is 833. The van der Waals surface area contributed by atoms with Gasteiger partial charge in [0.2, 0.25) is 17.1 Å². The van der Waals surface area contributed by atoms with Crippen molar-refractivity contribution in [3.8, 4) is 11.5 Å². The minimum Gasteiger partial charge on any atom is -0.504 e. The molecule has 0 aromatic heterocycles. The Morgan fingerprint density at radius 2 is 1.86 bits per heavy atom. The van der Waals surface area contributed by atoms with Crippen molar-refractivity contribution in [1.82, 2.24) is 0 Å². The molecule has 2 atom stereocenters. The molecule has 2 aromatic rings. The van der Waals surface area contributed by atoms with Gasteiger partial charge in [-0.3, -0.25) is 4.79 Å². The Hall–Kier alpha value is -2.57. The number of ether oxygens (including phenoxy) is 1. The minimum absolute atomic E-state index is 0.113. The van der Waals surface area contributed by atoms with Crippen molar-refractivity contribution in [2.24, 2.45) is 0 Å². The molecule has 0 saturated heterocycles. The Balaban J connectivity index is 2.03. The summed E-state index contributed by atoms with van der Waals surface area (Å²) in [6.07, 6.45) is 0. The zero-order valence-corrected chi connectivity index (χ0v) is 11.6. The molecule has 1 aliphatic heterocycles. The molecule has 0 spiro atoms. The van der Waals surface area contributed by atoms with Crippen LogP contribution >= 0.6 is 0 Å². The second kappa shape index (κ2) is 3.79. The van der Waals surface area contributed by atoms with E-state index in [1.165, 1.54) is 19.2 Å². The number of aromatic hydroxyl groups is 1. The number of phenolic OH excluding ortho intramolecular Hbond substituents is 1. The Morgan fingerprint density at radius 1 is 1.14 bits per heavy atom. The van der Waals surface area contributed by atoms with Crippen LogP contribution in [0, 0.1) is 0 Å². The molecule has 0 saturated carbocycles. The molecule has 112 valence electrons. The number of rotatable bonds is 1. The van der Waals surface area contributed by atoms with Crippen LogP contribution in [0.5, 0.6) is 11.5 Å². The zero-order valence-electron chi connectivity index (χ0n) is 11.6. The Labute approximate surface area is 125 Å².